The van der Waals surface area contributed by atoms with Crippen molar-refractivity contribution in [3.05, 3.63) is 24.3 Å². The van der Waals surface area contributed by atoms with Crippen molar-refractivity contribution in [3.63, 3.8) is 0 Å². The molecule has 0 aromatic heterocycles. The highest BCUT2D eigenvalue weighted by molar-refractivity contribution is 6.66. The Morgan fingerprint density at radius 2 is 1.09 bits per heavy atom. The van der Waals surface area contributed by atoms with E-state index in [0.29, 0.717) is 50.0 Å². The second kappa shape index (κ2) is 19.0. The van der Waals surface area contributed by atoms with E-state index in [2.05, 4.69) is 13.2 Å². The Labute approximate surface area is 202 Å². The number of rotatable bonds is 17. The number of hydrogen-bond acceptors (Lipinski definition) is 9. The number of hydrogen-bond donors (Lipinski definition) is 0. The first kappa shape index (κ1) is 33.8. The minimum absolute atomic E-state index is 0.316. The molecule has 0 amide bonds. The average Bonchev–Trinajstić information content (AvgIpc) is 2.77. The number of carbonyl (C=O) groups is 2. The Hall–Kier alpha value is -1.35. The summed E-state index contributed by atoms with van der Waals surface area (Å²) in [6.45, 7) is 18.3. The lowest BCUT2D eigenvalue weighted by Crippen LogP contribution is -2.42. The van der Waals surface area contributed by atoms with Crippen LogP contribution in [0.5, 0.6) is 0 Å². The molecule has 0 spiro atoms. The zero-order valence-electron chi connectivity index (χ0n) is 21.7. The third-order valence-electron chi connectivity index (χ3n) is 4.40. The van der Waals surface area contributed by atoms with Crippen molar-refractivity contribution in [2.24, 2.45) is 0 Å². The Morgan fingerprint density at radius 1 is 0.727 bits per heavy atom. The first-order chi connectivity index (χ1) is 15.5. The smallest absolute Gasteiger partial charge is 0.462 e. The standard InChI is InChI=1S/C12H24O4Si.C10H20O5Si/c1-6-15-17(5,16-7-2)10-8-9-14-12(13)11(3)4;1-9(2)10(11)15-7-6-8-16(12-3,13-4)14-5/h3,6-10H2,1-2,4-5H3;1,6-8H2,2-5H3. The maximum Gasteiger partial charge on any atom is 0.500 e. The van der Waals surface area contributed by atoms with E-state index in [9.17, 15) is 9.59 Å². The molecule has 0 bridgehead atoms. The van der Waals surface area contributed by atoms with Crippen LogP contribution in [0.4, 0.5) is 0 Å². The summed E-state index contributed by atoms with van der Waals surface area (Å²) < 4.78 is 37.0. The van der Waals surface area contributed by atoms with Gasteiger partial charge in [-0.1, -0.05) is 13.2 Å². The Balaban J connectivity index is 0. The van der Waals surface area contributed by atoms with Gasteiger partial charge in [0, 0.05) is 51.7 Å². The van der Waals surface area contributed by atoms with E-state index in [1.165, 1.54) is 0 Å². The quantitative estimate of drug-likeness (QED) is 0.125. The van der Waals surface area contributed by atoms with Gasteiger partial charge in [-0.05, 0) is 53.1 Å². The van der Waals surface area contributed by atoms with Crippen molar-refractivity contribution in [2.75, 3.05) is 47.8 Å². The fourth-order valence-electron chi connectivity index (χ4n) is 2.61. The van der Waals surface area contributed by atoms with Gasteiger partial charge in [-0.2, -0.15) is 0 Å². The molecule has 0 N–H and O–H groups in total. The molecule has 33 heavy (non-hydrogen) atoms. The molecule has 0 heterocycles. The van der Waals surface area contributed by atoms with Crippen molar-refractivity contribution >= 4 is 29.3 Å². The van der Waals surface area contributed by atoms with Gasteiger partial charge >= 0.3 is 29.3 Å². The molecule has 0 fully saturated rings. The molecule has 0 aliphatic rings. The van der Waals surface area contributed by atoms with Crippen molar-refractivity contribution in [1.82, 2.24) is 0 Å². The highest BCUT2D eigenvalue weighted by atomic mass is 28.4. The third-order valence-corrected chi connectivity index (χ3v) is 10.3. The van der Waals surface area contributed by atoms with E-state index in [1.807, 2.05) is 20.4 Å². The SMILES string of the molecule is C=C(C)C(=O)OCCC[Si](C)(OCC)OCC.C=C(C)C(=O)OCCC[Si](OC)(OC)OC. The second-order valence-corrected chi connectivity index (χ2v) is 13.8. The molecule has 0 aliphatic heterocycles. The fourth-order valence-corrected chi connectivity index (χ4v) is 6.68. The molecule has 9 nitrogen and oxygen atoms in total. The molecule has 0 aromatic rings. The minimum atomic E-state index is -2.53. The zero-order chi connectivity index (χ0) is 25.9. The summed E-state index contributed by atoms with van der Waals surface area (Å²) in [4.78, 5) is 22.2. The maximum atomic E-state index is 11.1. The third kappa shape index (κ3) is 16.0. The molecule has 0 aliphatic carbocycles. The topological polar surface area (TPSA) is 98.8 Å². The highest BCUT2D eigenvalue weighted by Crippen LogP contribution is 2.16. The molecule has 0 atom stereocenters. The molecule has 11 heteroatoms. The molecule has 0 saturated carbocycles. The summed E-state index contributed by atoms with van der Waals surface area (Å²) in [5.74, 6) is -0.708. The van der Waals surface area contributed by atoms with Crippen molar-refractivity contribution in [1.29, 1.82) is 0 Å². The first-order valence-electron chi connectivity index (χ1n) is 11.0. The van der Waals surface area contributed by atoms with Crippen LogP contribution in [0.3, 0.4) is 0 Å². The molecule has 0 saturated heterocycles. The summed E-state index contributed by atoms with van der Waals surface area (Å²) in [5.41, 5.74) is 0.827. The van der Waals surface area contributed by atoms with Gasteiger partial charge < -0.3 is 31.6 Å². The lowest BCUT2D eigenvalue weighted by molar-refractivity contribution is -0.139. The normalized spacial score (nSPS) is 11.3. The fraction of sp³-hybridized carbons (Fsp3) is 0.727. The van der Waals surface area contributed by atoms with Crippen LogP contribution in [0.1, 0.15) is 40.5 Å². The van der Waals surface area contributed by atoms with Crippen LogP contribution in [0.15, 0.2) is 24.3 Å². The number of ether oxygens (including phenoxy) is 2. The van der Waals surface area contributed by atoms with Crippen LogP contribution in [-0.4, -0.2) is 77.1 Å². The zero-order valence-corrected chi connectivity index (χ0v) is 23.7. The molecule has 0 rings (SSSR count). The van der Waals surface area contributed by atoms with Crippen LogP contribution >= 0.6 is 0 Å². The predicted molar refractivity (Wildman–Crippen MR) is 132 cm³/mol. The van der Waals surface area contributed by atoms with Gasteiger partial charge in [-0.25, -0.2) is 9.59 Å². The van der Waals surface area contributed by atoms with Crippen molar-refractivity contribution in [2.45, 2.75) is 59.2 Å². The summed E-state index contributed by atoms with van der Waals surface area (Å²) in [6, 6.07) is 1.44. The maximum absolute atomic E-state index is 11.1. The molecule has 0 unspecified atom stereocenters. The van der Waals surface area contributed by atoms with Crippen LogP contribution in [0, 0.1) is 0 Å². The Kier molecular flexibility index (Phi) is 19.5. The number of carbonyl (C=O) groups excluding carboxylic acids is 2. The van der Waals surface area contributed by atoms with Gasteiger partial charge in [0.25, 0.3) is 0 Å². The summed E-state index contributed by atoms with van der Waals surface area (Å²) in [7, 11) is 0.0714. The van der Waals surface area contributed by atoms with E-state index in [1.54, 1.807) is 35.2 Å². The molecular formula is C22H44O9Si2. The van der Waals surface area contributed by atoms with Gasteiger partial charge in [0.05, 0.1) is 13.2 Å². The lowest BCUT2D eigenvalue weighted by Gasteiger charge is -2.25. The predicted octanol–water partition coefficient (Wildman–Crippen LogP) is 4.01. The highest BCUT2D eigenvalue weighted by Gasteiger charge is 2.37. The Morgan fingerprint density at radius 3 is 1.39 bits per heavy atom. The average molecular weight is 509 g/mol. The summed E-state index contributed by atoms with van der Waals surface area (Å²) in [5, 5.41) is 0. The molecular weight excluding hydrogens is 464 g/mol. The second-order valence-electron chi connectivity index (χ2n) is 7.33. The molecule has 0 aromatic carbocycles. The molecule has 0 radical (unpaired) electrons. The van der Waals surface area contributed by atoms with E-state index < -0.39 is 17.4 Å². The van der Waals surface area contributed by atoms with Crippen molar-refractivity contribution < 1.29 is 41.2 Å². The monoisotopic (exact) mass is 508 g/mol. The lowest BCUT2D eigenvalue weighted by atomic mass is 10.4. The summed E-state index contributed by atoms with van der Waals surface area (Å²) >= 11 is 0. The molecule has 194 valence electrons. The van der Waals surface area contributed by atoms with Crippen LogP contribution in [-0.2, 0) is 41.2 Å². The van der Waals surface area contributed by atoms with Crippen LogP contribution in [0.2, 0.25) is 18.6 Å². The van der Waals surface area contributed by atoms with Gasteiger partial charge in [-0.15, -0.1) is 0 Å². The minimum Gasteiger partial charge on any atom is -0.462 e. The Bertz CT molecular complexity index is 578. The van der Waals surface area contributed by atoms with Gasteiger partial charge in [0.15, 0.2) is 0 Å². The van der Waals surface area contributed by atoms with E-state index in [0.717, 1.165) is 12.5 Å². The van der Waals surface area contributed by atoms with Gasteiger partial charge in [-0.3, -0.25) is 0 Å². The van der Waals surface area contributed by atoms with E-state index in [-0.39, 0.29) is 11.9 Å². The van der Waals surface area contributed by atoms with Crippen LogP contribution in [0.25, 0.3) is 0 Å². The van der Waals surface area contributed by atoms with E-state index >= 15 is 0 Å². The van der Waals surface area contributed by atoms with Crippen LogP contribution < -0.4 is 0 Å². The van der Waals surface area contributed by atoms with Crippen molar-refractivity contribution in [3.8, 4) is 0 Å². The van der Waals surface area contributed by atoms with Gasteiger partial charge in [0.2, 0.25) is 0 Å². The van der Waals surface area contributed by atoms with E-state index in [4.69, 9.17) is 31.6 Å². The first-order valence-corrected chi connectivity index (χ1v) is 15.5. The summed E-state index contributed by atoms with van der Waals surface area (Å²) in [6.07, 6.45) is 1.41. The van der Waals surface area contributed by atoms with Gasteiger partial charge in [0.1, 0.15) is 0 Å². The largest absolute Gasteiger partial charge is 0.500 e. The number of esters is 2.